The number of ether oxygens (including phenoxy) is 1. The summed E-state index contributed by atoms with van der Waals surface area (Å²) in [4.78, 5) is 19.3. The average Bonchev–Trinajstić information content (AvgIpc) is 3.02. The molecule has 0 saturated carbocycles. The summed E-state index contributed by atoms with van der Waals surface area (Å²) in [6.45, 7) is 4.63. The summed E-state index contributed by atoms with van der Waals surface area (Å²) >= 11 is 1.84. The number of carbonyl (C=O) groups excluding carboxylic acids is 1. The second kappa shape index (κ2) is 12.0. The van der Waals surface area contributed by atoms with Crippen LogP contribution in [0.4, 0.5) is 0 Å². The topological polar surface area (TPSA) is 55.0 Å². The summed E-state index contributed by atoms with van der Waals surface area (Å²) < 4.78 is 4.94. The van der Waals surface area contributed by atoms with Crippen molar-refractivity contribution in [3.63, 3.8) is 0 Å². The Hall–Kier alpha value is -1.49. The van der Waals surface area contributed by atoms with E-state index in [-0.39, 0.29) is 5.97 Å². The van der Waals surface area contributed by atoms with Crippen molar-refractivity contribution in [2.45, 2.75) is 82.0 Å². The Morgan fingerprint density at radius 2 is 1.81 bits per heavy atom. The molecular weight excluding hydrogens is 344 g/mol. The quantitative estimate of drug-likeness (QED) is 0.260. The van der Waals surface area contributed by atoms with Gasteiger partial charge in [-0.15, -0.1) is 0 Å². The molecule has 2 rings (SSSR count). The highest BCUT2D eigenvalue weighted by Crippen LogP contribution is 2.26. The van der Waals surface area contributed by atoms with Gasteiger partial charge in [-0.3, -0.25) is 4.79 Å². The van der Waals surface area contributed by atoms with E-state index in [4.69, 9.17) is 4.74 Å². The Morgan fingerprint density at radius 1 is 1.12 bits per heavy atom. The molecule has 1 aromatic carbocycles. The summed E-state index contributed by atoms with van der Waals surface area (Å²) in [7, 11) is 0. The Morgan fingerprint density at radius 3 is 2.54 bits per heavy atom. The number of para-hydroxylation sites is 2. The van der Waals surface area contributed by atoms with Crippen molar-refractivity contribution in [2.24, 2.45) is 0 Å². The number of nitrogens with zero attached hydrogens (tertiary/aromatic N) is 1. The van der Waals surface area contributed by atoms with Crippen LogP contribution in [0.25, 0.3) is 11.0 Å². The predicted molar refractivity (Wildman–Crippen MR) is 110 cm³/mol. The number of rotatable bonds is 13. The maximum absolute atomic E-state index is 11.2. The molecule has 0 radical (unpaired) electrons. The van der Waals surface area contributed by atoms with Crippen LogP contribution in [-0.2, 0) is 9.53 Å². The van der Waals surface area contributed by atoms with E-state index in [1.165, 1.54) is 38.5 Å². The van der Waals surface area contributed by atoms with Crippen LogP contribution in [0, 0.1) is 0 Å². The number of nitrogens with one attached hydrogen (secondary N) is 1. The van der Waals surface area contributed by atoms with Gasteiger partial charge in [0.1, 0.15) is 0 Å². The van der Waals surface area contributed by atoms with Gasteiger partial charge in [-0.25, -0.2) is 4.98 Å². The first-order valence-electron chi connectivity index (χ1n) is 9.96. The van der Waals surface area contributed by atoms with E-state index in [0.717, 1.165) is 29.0 Å². The van der Waals surface area contributed by atoms with Crippen molar-refractivity contribution >= 4 is 28.8 Å². The van der Waals surface area contributed by atoms with Gasteiger partial charge in [-0.2, -0.15) is 0 Å². The third kappa shape index (κ3) is 7.81. The van der Waals surface area contributed by atoms with Crippen LogP contribution in [0.2, 0.25) is 0 Å². The number of esters is 1. The van der Waals surface area contributed by atoms with Crippen molar-refractivity contribution in [1.29, 1.82) is 0 Å². The van der Waals surface area contributed by atoms with E-state index in [0.29, 0.717) is 18.3 Å². The molecule has 0 fully saturated rings. The fourth-order valence-corrected chi connectivity index (χ4v) is 4.04. The summed E-state index contributed by atoms with van der Waals surface area (Å²) in [5.41, 5.74) is 2.16. The second-order valence-corrected chi connectivity index (χ2v) is 8.23. The summed E-state index contributed by atoms with van der Waals surface area (Å²) in [5, 5.41) is 1.61. The van der Waals surface area contributed by atoms with Gasteiger partial charge < -0.3 is 9.72 Å². The number of benzene rings is 1. The van der Waals surface area contributed by atoms with Gasteiger partial charge in [0.2, 0.25) is 0 Å². The molecule has 5 heteroatoms. The summed E-state index contributed by atoms with van der Waals surface area (Å²) in [5.74, 6) is -0.0524. The van der Waals surface area contributed by atoms with Crippen LogP contribution in [0.1, 0.15) is 71.6 Å². The van der Waals surface area contributed by atoms with Crippen LogP contribution < -0.4 is 0 Å². The molecule has 1 unspecified atom stereocenters. The number of imidazole rings is 1. The zero-order chi connectivity index (χ0) is 18.6. The first-order chi connectivity index (χ1) is 12.7. The molecule has 1 aromatic heterocycles. The van der Waals surface area contributed by atoms with Crippen molar-refractivity contribution < 1.29 is 9.53 Å². The highest BCUT2D eigenvalue weighted by molar-refractivity contribution is 7.99. The highest BCUT2D eigenvalue weighted by atomic mass is 32.2. The highest BCUT2D eigenvalue weighted by Gasteiger charge is 2.08. The molecule has 0 aliphatic rings. The van der Waals surface area contributed by atoms with Crippen LogP contribution in [-0.4, -0.2) is 27.8 Å². The van der Waals surface area contributed by atoms with Crippen molar-refractivity contribution in [1.82, 2.24) is 9.97 Å². The molecule has 1 atom stereocenters. The predicted octanol–water partition coefficient (Wildman–Crippen LogP) is 6.12. The number of carbonyl (C=O) groups is 1. The smallest absolute Gasteiger partial charge is 0.305 e. The Labute approximate surface area is 161 Å². The first kappa shape index (κ1) is 20.8. The molecule has 2 aromatic rings. The Balaban J connectivity index is 1.47. The van der Waals surface area contributed by atoms with Crippen molar-refractivity contribution in [3.8, 4) is 0 Å². The van der Waals surface area contributed by atoms with Gasteiger partial charge in [0, 0.05) is 11.7 Å². The number of fused-ring (bicyclic) bond motifs is 1. The molecule has 0 spiro atoms. The molecule has 26 heavy (non-hydrogen) atoms. The van der Waals surface area contributed by atoms with Crippen LogP contribution in [0.15, 0.2) is 29.4 Å². The molecule has 144 valence electrons. The first-order valence-corrected chi connectivity index (χ1v) is 10.8. The monoisotopic (exact) mass is 376 g/mol. The molecule has 0 amide bonds. The van der Waals surface area contributed by atoms with Crippen molar-refractivity contribution in [2.75, 3.05) is 6.61 Å². The molecule has 0 saturated heterocycles. The number of unbranched alkanes of at least 4 members (excludes halogenated alkanes) is 6. The molecule has 0 bridgehead atoms. The van der Waals surface area contributed by atoms with E-state index in [1.807, 2.05) is 36.9 Å². The lowest BCUT2D eigenvalue weighted by Gasteiger charge is -2.08. The minimum Gasteiger partial charge on any atom is -0.466 e. The Bertz CT molecular complexity index is 623. The zero-order valence-electron chi connectivity index (χ0n) is 16.1. The third-order valence-corrected chi connectivity index (χ3v) is 5.53. The maximum atomic E-state index is 11.2. The van der Waals surface area contributed by atoms with Crippen LogP contribution in [0.5, 0.6) is 0 Å². The van der Waals surface area contributed by atoms with Gasteiger partial charge in [0.05, 0.1) is 17.6 Å². The van der Waals surface area contributed by atoms with Gasteiger partial charge in [0.15, 0.2) is 5.16 Å². The summed E-state index contributed by atoms with van der Waals surface area (Å²) in [6, 6.07) is 8.18. The van der Waals surface area contributed by atoms with Crippen molar-refractivity contribution in [3.05, 3.63) is 24.3 Å². The fourth-order valence-electron chi connectivity index (χ4n) is 3.05. The lowest BCUT2D eigenvalue weighted by molar-refractivity contribution is -0.143. The number of aromatic nitrogens is 2. The molecule has 0 aliphatic carbocycles. The standard InChI is InChI=1S/C21H32N2O2S/c1-3-25-20(24)16-10-8-6-4-5-7-9-13-17(2)26-21-22-18-14-11-12-15-19(18)23-21/h11-12,14-15,17H,3-10,13,16H2,1-2H3,(H,22,23). The van der Waals surface area contributed by atoms with Gasteiger partial charge in [0.25, 0.3) is 0 Å². The SMILES string of the molecule is CCOC(=O)CCCCCCCCCC(C)Sc1nc2ccccc2[nH]1. The zero-order valence-corrected chi connectivity index (χ0v) is 16.9. The van der Waals surface area contributed by atoms with E-state index in [1.54, 1.807) is 0 Å². The molecule has 1 N–H and O–H groups in total. The molecule has 1 heterocycles. The summed E-state index contributed by atoms with van der Waals surface area (Å²) in [6.07, 6.45) is 10.3. The maximum Gasteiger partial charge on any atom is 0.305 e. The number of thioether (sulfide) groups is 1. The van der Waals surface area contributed by atoms with E-state index in [9.17, 15) is 4.79 Å². The van der Waals surface area contributed by atoms with Crippen LogP contribution >= 0.6 is 11.8 Å². The van der Waals surface area contributed by atoms with E-state index in [2.05, 4.69) is 23.0 Å². The second-order valence-electron chi connectivity index (χ2n) is 6.81. The third-order valence-electron chi connectivity index (χ3n) is 4.48. The molecule has 0 aliphatic heterocycles. The van der Waals surface area contributed by atoms with Gasteiger partial charge in [-0.05, 0) is 31.9 Å². The Kier molecular flexibility index (Phi) is 9.61. The lowest BCUT2D eigenvalue weighted by atomic mass is 10.1. The minimum absolute atomic E-state index is 0.0524. The van der Waals surface area contributed by atoms with Gasteiger partial charge in [-0.1, -0.05) is 69.3 Å². The largest absolute Gasteiger partial charge is 0.466 e. The molecule has 4 nitrogen and oxygen atoms in total. The number of hydrogen-bond donors (Lipinski definition) is 1. The average molecular weight is 377 g/mol. The number of hydrogen-bond acceptors (Lipinski definition) is 4. The number of aromatic amines is 1. The minimum atomic E-state index is -0.0524. The normalized spacial score (nSPS) is 12.4. The lowest BCUT2D eigenvalue weighted by Crippen LogP contribution is -2.03. The van der Waals surface area contributed by atoms with E-state index >= 15 is 0 Å². The number of H-pyrrole nitrogens is 1. The molecular formula is C21H32N2O2S. The van der Waals surface area contributed by atoms with E-state index < -0.39 is 0 Å². The van der Waals surface area contributed by atoms with Crippen LogP contribution in [0.3, 0.4) is 0 Å². The van der Waals surface area contributed by atoms with Gasteiger partial charge >= 0.3 is 5.97 Å². The fraction of sp³-hybridized carbons (Fsp3) is 0.619.